The summed E-state index contributed by atoms with van der Waals surface area (Å²) in [6, 6.07) is 10.4. The van der Waals surface area contributed by atoms with Crippen LogP contribution in [0, 0.1) is 5.82 Å². The Hall–Kier alpha value is -4.12. The number of benzene rings is 3. The molecule has 0 aliphatic rings. The van der Waals surface area contributed by atoms with E-state index in [0.29, 0.717) is 28.6 Å². The van der Waals surface area contributed by atoms with Gasteiger partial charge in [-0.3, -0.25) is 4.72 Å². The molecule has 0 unspecified atom stereocenters. The number of methoxy groups -OCH3 is 6. The Kier molecular flexibility index (Phi) is 8.72. The lowest BCUT2D eigenvalue weighted by Crippen LogP contribution is -2.15. The van der Waals surface area contributed by atoms with Gasteiger partial charge in [0.1, 0.15) is 0 Å². The number of hydrogen-bond donors (Lipinski definition) is 1. The molecule has 0 fully saturated rings. The van der Waals surface area contributed by atoms with Crippen molar-refractivity contribution in [1.82, 2.24) is 0 Å². The maximum Gasteiger partial charge on any atom is 0.262 e. The number of anilines is 1. The average molecular weight is 534 g/mol. The van der Waals surface area contributed by atoms with Gasteiger partial charge in [0.2, 0.25) is 5.75 Å². The number of ether oxygens (including phenoxy) is 6. The molecule has 0 saturated heterocycles. The Bertz CT molecular complexity index is 1380. The van der Waals surface area contributed by atoms with Crippen LogP contribution >= 0.6 is 0 Å². The molecule has 0 spiro atoms. The maximum atomic E-state index is 15.3. The Morgan fingerprint density at radius 2 is 1.24 bits per heavy atom. The lowest BCUT2D eigenvalue weighted by molar-refractivity contribution is 0.324. The molecular formula is C26H28FNO8S. The van der Waals surface area contributed by atoms with Gasteiger partial charge in [0.15, 0.2) is 34.6 Å². The Morgan fingerprint density at radius 1 is 0.676 bits per heavy atom. The molecule has 0 amide bonds. The number of sulfonamides is 1. The lowest BCUT2D eigenvalue weighted by atomic mass is 10.1. The van der Waals surface area contributed by atoms with Gasteiger partial charge in [0.05, 0.1) is 53.2 Å². The van der Waals surface area contributed by atoms with Crippen molar-refractivity contribution in [3.8, 4) is 34.5 Å². The van der Waals surface area contributed by atoms with E-state index in [1.165, 1.54) is 73.0 Å². The van der Waals surface area contributed by atoms with Crippen molar-refractivity contribution in [3.05, 3.63) is 59.4 Å². The largest absolute Gasteiger partial charge is 0.494 e. The zero-order chi connectivity index (χ0) is 27.2. The van der Waals surface area contributed by atoms with E-state index in [0.717, 1.165) is 0 Å². The molecule has 9 nitrogen and oxygen atoms in total. The standard InChI is InChI=1S/C26H28FNO8S/c1-31-19-12-10-18(15-21(19)33-3)37(29,30)28-25-17(9-11-20(32-2)24(25)27)8-7-16-13-22(34-4)26(36-6)23(14-16)35-5/h7-15,28H,1-6H3/b8-7-. The molecule has 0 aliphatic heterocycles. The number of halogens is 1. The van der Waals surface area contributed by atoms with Gasteiger partial charge in [-0.05, 0) is 42.0 Å². The van der Waals surface area contributed by atoms with Crippen molar-refractivity contribution < 1.29 is 41.2 Å². The zero-order valence-corrected chi connectivity index (χ0v) is 22.1. The first-order chi connectivity index (χ1) is 17.7. The molecule has 0 radical (unpaired) electrons. The SMILES string of the molecule is COc1ccc(S(=O)(=O)Nc2c(/C=C\c3cc(OC)c(OC)c(OC)c3)ccc(OC)c2F)cc1OC. The van der Waals surface area contributed by atoms with Gasteiger partial charge >= 0.3 is 0 Å². The monoisotopic (exact) mass is 533 g/mol. The van der Waals surface area contributed by atoms with Crippen LogP contribution in [0.25, 0.3) is 12.2 Å². The van der Waals surface area contributed by atoms with Crippen molar-refractivity contribution in [2.24, 2.45) is 0 Å². The van der Waals surface area contributed by atoms with Gasteiger partial charge in [-0.2, -0.15) is 0 Å². The first kappa shape index (κ1) is 27.5. The van der Waals surface area contributed by atoms with E-state index in [2.05, 4.69) is 4.72 Å². The Labute approximate surface area is 215 Å². The molecule has 198 valence electrons. The van der Waals surface area contributed by atoms with E-state index in [-0.39, 0.29) is 27.6 Å². The predicted octanol–water partition coefficient (Wildman–Crippen LogP) is 4.85. The van der Waals surface area contributed by atoms with Gasteiger partial charge in [-0.15, -0.1) is 0 Å². The molecule has 3 rings (SSSR count). The molecule has 0 saturated carbocycles. The van der Waals surface area contributed by atoms with Crippen LogP contribution in [0.1, 0.15) is 11.1 Å². The summed E-state index contributed by atoms with van der Waals surface area (Å²) >= 11 is 0. The first-order valence-electron chi connectivity index (χ1n) is 10.8. The zero-order valence-electron chi connectivity index (χ0n) is 21.2. The van der Waals surface area contributed by atoms with E-state index in [4.69, 9.17) is 28.4 Å². The summed E-state index contributed by atoms with van der Waals surface area (Å²) in [6.07, 6.45) is 3.20. The summed E-state index contributed by atoms with van der Waals surface area (Å²) in [4.78, 5) is -0.146. The molecule has 37 heavy (non-hydrogen) atoms. The summed E-state index contributed by atoms with van der Waals surface area (Å²) < 4.78 is 75.5. The summed E-state index contributed by atoms with van der Waals surface area (Å²) in [5, 5.41) is 0. The third-order valence-corrected chi connectivity index (χ3v) is 6.75. The number of nitrogens with one attached hydrogen (secondary N) is 1. The van der Waals surface area contributed by atoms with Gasteiger partial charge in [-0.25, -0.2) is 12.8 Å². The second kappa shape index (κ2) is 11.7. The minimum absolute atomic E-state index is 0.130. The highest BCUT2D eigenvalue weighted by atomic mass is 32.2. The normalized spacial score (nSPS) is 11.2. The van der Waals surface area contributed by atoms with Crippen molar-refractivity contribution in [2.45, 2.75) is 4.90 Å². The number of rotatable bonds is 11. The minimum atomic E-state index is -4.23. The molecule has 0 atom stereocenters. The van der Waals surface area contributed by atoms with Crippen LogP contribution in [0.15, 0.2) is 47.4 Å². The third-order valence-electron chi connectivity index (χ3n) is 5.40. The topological polar surface area (TPSA) is 102 Å². The molecule has 3 aromatic carbocycles. The molecule has 0 aliphatic carbocycles. The van der Waals surface area contributed by atoms with Crippen molar-refractivity contribution in [1.29, 1.82) is 0 Å². The highest BCUT2D eigenvalue weighted by Crippen LogP contribution is 2.39. The molecular weight excluding hydrogens is 505 g/mol. The fourth-order valence-electron chi connectivity index (χ4n) is 3.53. The Morgan fingerprint density at radius 3 is 1.78 bits per heavy atom. The van der Waals surface area contributed by atoms with Crippen LogP contribution in [0.2, 0.25) is 0 Å². The van der Waals surface area contributed by atoms with Gasteiger partial charge in [-0.1, -0.05) is 12.2 Å². The smallest absolute Gasteiger partial charge is 0.262 e. The molecule has 3 aromatic rings. The Balaban J connectivity index is 2.07. The van der Waals surface area contributed by atoms with E-state index in [9.17, 15) is 8.42 Å². The maximum absolute atomic E-state index is 15.3. The summed E-state index contributed by atoms with van der Waals surface area (Å²) in [7, 11) is 4.35. The van der Waals surface area contributed by atoms with Gasteiger partial charge in [0.25, 0.3) is 10.0 Å². The van der Waals surface area contributed by atoms with Gasteiger partial charge < -0.3 is 28.4 Å². The predicted molar refractivity (Wildman–Crippen MR) is 138 cm³/mol. The van der Waals surface area contributed by atoms with Crippen LogP contribution in [0.3, 0.4) is 0 Å². The fraction of sp³-hybridized carbons (Fsp3) is 0.231. The van der Waals surface area contributed by atoms with Gasteiger partial charge in [0, 0.05) is 11.6 Å². The minimum Gasteiger partial charge on any atom is -0.494 e. The van der Waals surface area contributed by atoms with Crippen LogP contribution in [0.4, 0.5) is 10.1 Å². The second-order valence-corrected chi connectivity index (χ2v) is 9.14. The molecule has 0 heterocycles. The molecule has 11 heteroatoms. The summed E-state index contributed by atoms with van der Waals surface area (Å²) in [5.74, 6) is 0.824. The molecule has 0 bridgehead atoms. The van der Waals surface area contributed by atoms with Crippen molar-refractivity contribution in [3.63, 3.8) is 0 Å². The molecule has 1 N–H and O–H groups in total. The summed E-state index contributed by atoms with van der Waals surface area (Å²) in [5.41, 5.74) is 0.591. The molecule has 0 aromatic heterocycles. The fourth-order valence-corrected chi connectivity index (χ4v) is 4.64. The van der Waals surface area contributed by atoms with Crippen molar-refractivity contribution >= 4 is 27.9 Å². The highest BCUT2D eigenvalue weighted by Gasteiger charge is 2.22. The summed E-state index contributed by atoms with van der Waals surface area (Å²) in [6.45, 7) is 0. The third kappa shape index (κ3) is 5.83. The van der Waals surface area contributed by atoms with Crippen LogP contribution in [-0.2, 0) is 10.0 Å². The quantitative estimate of drug-likeness (QED) is 0.349. The van der Waals surface area contributed by atoms with Crippen LogP contribution < -0.4 is 33.1 Å². The van der Waals surface area contributed by atoms with E-state index >= 15 is 4.39 Å². The average Bonchev–Trinajstić information content (AvgIpc) is 2.92. The van der Waals surface area contributed by atoms with Crippen molar-refractivity contribution in [2.75, 3.05) is 47.4 Å². The lowest BCUT2D eigenvalue weighted by Gasteiger charge is -2.15. The van der Waals surface area contributed by atoms with Crippen LogP contribution in [0.5, 0.6) is 34.5 Å². The first-order valence-corrected chi connectivity index (χ1v) is 12.3. The van der Waals surface area contributed by atoms with Crippen LogP contribution in [-0.4, -0.2) is 51.1 Å². The highest BCUT2D eigenvalue weighted by molar-refractivity contribution is 7.92. The van der Waals surface area contributed by atoms with E-state index in [1.807, 2.05) is 0 Å². The number of hydrogen-bond acceptors (Lipinski definition) is 8. The second-order valence-electron chi connectivity index (χ2n) is 7.46. The van der Waals surface area contributed by atoms with E-state index in [1.54, 1.807) is 24.3 Å². The van der Waals surface area contributed by atoms with E-state index < -0.39 is 15.8 Å².